The molecule has 2 aromatic rings. The monoisotopic (exact) mass is 236 g/mol. The summed E-state index contributed by atoms with van der Waals surface area (Å²) in [4.78, 5) is 6.37. The fourth-order valence-corrected chi connectivity index (χ4v) is 2.07. The molecule has 0 saturated carbocycles. The Morgan fingerprint density at radius 3 is 2.88 bits per heavy atom. The van der Waals surface area contributed by atoms with E-state index in [-0.39, 0.29) is 0 Å². The van der Waals surface area contributed by atoms with E-state index in [1.165, 1.54) is 0 Å². The Kier molecular flexibility index (Phi) is 3.24. The average molecular weight is 236 g/mol. The van der Waals surface area contributed by atoms with Crippen LogP contribution in [0.5, 0.6) is 0 Å². The molecular formula is C11H16N4S. The van der Waals surface area contributed by atoms with Crippen molar-refractivity contribution < 1.29 is 0 Å². The van der Waals surface area contributed by atoms with E-state index in [9.17, 15) is 0 Å². The van der Waals surface area contributed by atoms with Gasteiger partial charge in [-0.1, -0.05) is 0 Å². The van der Waals surface area contributed by atoms with Gasteiger partial charge in [-0.3, -0.25) is 4.68 Å². The molecule has 86 valence electrons. The molecule has 16 heavy (non-hydrogen) atoms. The molecule has 0 spiro atoms. The molecule has 4 nitrogen and oxygen atoms in total. The predicted octanol–water partition coefficient (Wildman–Crippen LogP) is 2.56. The maximum atomic E-state index is 4.51. The maximum absolute atomic E-state index is 4.51. The Morgan fingerprint density at radius 2 is 2.31 bits per heavy atom. The van der Waals surface area contributed by atoms with Gasteiger partial charge in [-0.05, 0) is 19.9 Å². The van der Waals surface area contributed by atoms with Gasteiger partial charge in [-0.25, -0.2) is 4.98 Å². The first kappa shape index (κ1) is 11.1. The van der Waals surface area contributed by atoms with Gasteiger partial charge in [0.15, 0.2) is 5.13 Å². The zero-order chi connectivity index (χ0) is 11.5. The zero-order valence-corrected chi connectivity index (χ0v) is 10.6. The summed E-state index contributed by atoms with van der Waals surface area (Å²) in [7, 11) is 2.03. The molecule has 2 aromatic heterocycles. The number of thiazole rings is 1. The molecule has 0 bridgehead atoms. The van der Waals surface area contributed by atoms with Crippen LogP contribution in [0, 0.1) is 0 Å². The van der Waals surface area contributed by atoms with Crippen LogP contribution in [0.25, 0.3) is 0 Å². The number of aromatic nitrogens is 3. The minimum Gasteiger partial charge on any atom is -0.345 e. The van der Waals surface area contributed by atoms with Crippen molar-refractivity contribution in [2.24, 2.45) is 0 Å². The van der Waals surface area contributed by atoms with Crippen molar-refractivity contribution in [2.45, 2.75) is 26.4 Å². The SMILES string of the molecule is CC(C)n1ccc(CN(C)c2nccs2)n1. The van der Waals surface area contributed by atoms with E-state index in [0.717, 1.165) is 17.4 Å². The quantitative estimate of drug-likeness (QED) is 0.818. The van der Waals surface area contributed by atoms with Crippen LogP contribution < -0.4 is 4.90 Å². The highest BCUT2D eigenvalue weighted by atomic mass is 32.1. The van der Waals surface area contributed by atoms with Crippen LogP contribution >= 0.6 is 11.3 Å². The smallest absolute Gasteiger partial charge is 0.185 e. The second-order valence-corrected chi connectivity index (χ2v) is 4.92. The largest absolute Gasteiger partial charge is 0.345 e. The van der Waals surface area contributed by atoms with E-state index in [2.05, 4.69) is 34.9 Å². The Balaban J connectivity index is 2.03. The van der Waals surface area contributed by atoms with Crippen LogP contribution in [0.2, 0.25) is 0 Å². The van der Waals surface area contributed by atoms with Crippen molar-refractivity contribution in [3.8, 4) is 0 Å². The van der Waals surface area contributed by atoms with Crippen molar-refractivity contribution in [2.75, 3.05) is 11.9 Å². The number of hydrogen-bond acceptors (Lipinski definition) is 4. The number of nitrogens with zero attached hydrogens (tertiary/aromatic N) is 4. The first-order valence-electron chi connectivity index (χ1n) is 5.31. The zero-order valence-electron chi connectivity index (χ0n) is 9.79. The van der Waals surface area contributed by atoms with Gasteiger partial charge in [0.05, 0.1) is 12.2 Å². The number of hydrogen-bond donors (Lipinski definition) is 0. The molecular weight excluding hydrogens is 220 g/mol. The summed E-state index contributed by atoms with van der Waals surface area (Å²) in [5.41, 5.74) is 1.08. The van der Waals surface area contributed by atoms with Gasteiger partial charge in [0, 0.05) is 30.9 Å². The van der Waals surface area contributed by atoms with Crippen LogP contribution in [0.1, 0.15) is 25.6 Å². The standard InChI is InChI=1S/C11H16N4S/c1-9(2)15-6-4-10(13-15)8-14(3)11-12-5-7-16-11/h4-7,9H,8H2,1-3H3. The van der Waals surface area contributed by atoms with Crippen molar-refractivity contribution >= 4 is 16.5 Å². The molecule has 0 aliphatic heterocycles. The van der Waals surface area contributed by atoms with E-state index in [4.69, 9.17) is 0 Å². The molecule has 2 heterocycles. The third-order valence-corrected chi connectivity index (χ3v) is 3.22. The van der Waals surface area contributed by atoms with Crippen LogP contribution in [0.3, 0.4) is 0 Å². The second-order valence-electron chi connectivity index (χ2n) is 4.05. The lowest BCUT2D eigenvalue weighted by Gasteiger charge is -2.13. The lowest BCUT2D eigenvalue weighted by molar-refractivity contribution is 0.526. The summed E-state index contributed by atoms with van der Waals surface area (Å²) < 4.78 is 1.98. The Hall–Kier alpha value is -1.36. The molecule has 0 saturated heterocycles. The van der Waals surface area contributed by atoms with Gasteiger partial charge in [-0.15, -0.1) is 11.3 Å². The van der Waals surface area contributed by atoms with Crippen LogP contribution in [0.15, 0.2) is 23.8 Å². The highest BCUT2D eigenvalue weighted by Gasteiger charge is 2.07. The molecule has 0 amide bonds. The summed E-state index contributed by atoms with van der Waals surface area (Å²) >= 11 is 1.64. The number of anilines is 1. The average Bonchev–Trinajstić information content (AvgIpc) is 2.87. The molecule has 2 rings (SSSR count). The van der Waals surface area contributed by atoms with Gasteiger partial charge in [0.25, 0.3) is 0 Å². The summed E-state index contributed by atoms with van der Waals surface area (Å²) in [6.45, 7) is 5.05. The van der Waals surface area contributed by atoms with Crippen molar-refractivity contribution in [3.05, 3.63) is 29.5 Å². The third-order valence-electron chi connectivity index (χ3n) is 2.34. The Morgan fingerprint density at radius 1 is 1.50 bits per heavy atom. The minimum atomic E-state index is 0.416. The van der Waals surface area contributed by atoms with Gasteiger partial charge in [0.2, 0.25) is 0 Å². The van der Waals surface area contributed by atoms with E-state index in [1.807, 2.05) is 29.5 Å². The fourth-order valence-electron chi connectivity index (χ4n) is 1.46. The fraction of sp³-hybridized carbons (Fsp3) is 0.455. The summed E-state index contributed by atoms with van der Waals surface area (Å²) in [5.74, 6) is 0. The molecule has 5 heteroatoms. The first-order valence-corrected chi connectivity index (χ1v) is 6.19. The van der Waals surface area contributed by atoms with E-state index >= 15 is 0 Å². The van der Waals surface area contributed by atoms with Gasteiger partial charge >= 0.3 is 0 Å². The van der Waals surface area contributed by atoms with Gasteiger partial charge in [0.1, 0.15) is 0 Å². The number of rotatable bonds is 4. The Labute approximate surface area is 99.5 Å². The molecule has 0 fully saturated rings. The lowest BCUT2D eigenvalue weighted by atomic mass is 10.4. The molecule has 0 N–H and O–H groups in total. The molecule has 0 unspecified atom stereocenters. The Bertz CT molecular complexity index is 433. The molecule has 0 aliphatic rings. The minimum absolute atomic E-state index is 0.416. The molecule has 0 aliphatic carbocycles. The van der Waals surface area contributed by atoms with Gasteiger partial charge < -0.3 is 4.90 Å². The molecule has 0 atom stereocenters. The van der Waals surface area contributed by atoms with Gasteiger partial charge in [-0.2, -0.15) is 5.10 Å². The summed E-state index contributed by atoms with van der Waals surface area (Å²) in [6, 6.07) is 2.48. The molecule has 0 radical (unpaired) electrons. The van der Waals surface area contributed by atoms with Crippen LogP contribution in [-0.4, -0.2) is 21.8 Å². The van der Waals surface area contributed by atoms with E-state index in [0.29, 0.717) is 6.04 Å². The maximum Gasteiger partial charge on any atom is 0.185 e. The second kappa shape index (κ2) is 4.65. The summed E-state index contributed by atoms with van der Waals surface area (Å²) in [6.07, 6.45) is 3.85. The highest BCUT2D eigenvalue weighted by molar-refractivity contribution is 7.13. The van der Waals surface area contributed by atoms with E-state index in [1.54, 1.807) is 11.3 Å². The normalized spacial score (nSPS) is 11.0. The van der Waals surface area contributed by atoms with Crippen molar-refractivity contribution in [3.63, 3.8) is 0 Å². The topological polar surface area (TPSA) is 34.0 Å². The van der Waals surface area contributed by atoms with Crippen molar-refractivity contribution in [1.29, 1.82) is 0 Å². The summed E-state index contributed by atoms with van der Waals surface area (Å²) in [5, 5.41) is 7.52. The third kappa shape index (κ3) is 2.41. The highest BCUT2D eigenvalue weighted by Crippen LogP contribution is 2.17. The lowest BCUT2D eigenvalue weighted by Crippen LogP contribution is -2.16. The van der Waals surface area contributed by atoms with Crippen molar-refractivity contribution in [1.82, 2.24) is 14.8 Å². The van der Waals surface area contributed by atoms with E-state index < -0.39 is 0 Å². The predicted molar refractivity (Wildman–Crippen MR) is 66.8 cm³/mol. The first-order chi connectivity index (χ1) is 7.66. The molecule has 0 aromatic carbocycles. The van der Waals surface area contributed by atoms with Crippen LogP contribution in [-0.2, 0) is 6.54 Å². The van der Waals surface area contributed by atoms with Crippen LogP contribution in [0.4, 0.5) is 5.13 Å².